The van der Waals surface area contributed by atoms with Crippen molar-refractivity contribution in [3.8, 4) is 5.75 Å². The van der Waals surface area contributed by atoms with Crippen LogP contribution < -0.4 is 15.0 Å². The number of carbonyl (C=O) groups is 2. The Morgan fingerprint density at radius 2 is 1.85 bits per heavy atom. The van der Waals surface area contributed by atoms with Crippen LogP contribution in [0, 0.1) is 0 Å². The standard InChI is InChI=1S/C22H21ClF3N3O4/c23-14-5-6-16(15(11-14)22(24,25)26)27-20(30)13-29-12-19(21(31)28-7-9-32-10-8-28)33-18-4-2-1-3-17(18)29/h1-6,11,19H,7-10,12-13H2,(H,27,30)/t19-/m1/s1. The number of morpholine rings is 1. The Bertz CT molecular complexity index is 1040. The lowest BCUT2D eigenvalue weighted by Gasteiger charge is -2.38. The van der Waals surface area contributed by atoms with Crippen LogP contribution >= 0.6 is 11.6 Å². The molecule has 2 aliphatic heterocycles. The van der Waals surface area contributed by atoms with Gasteiger partial charge in [0.2, 0.25) is 5.91 Å². The van der Waals surface area contributed by atoms with Crippen LogP contribution in [0.25, 0.3) is 0 Å². The average Bonchev–Trinajstić information content (AvgIpc) is 2.79. The van der Waals surface area contributed by atoms with Gasteiger partial charge in [0.25, 0.3) is 5.91 Å². The van der Waals surface area contributed by atoms with Crippen LogP contribution in [-0.2, 0) is 20.5 Å². The Balaban J connectivity index is 1.52. The molecule has 1 N–H and O–H groups in total. The highest BCUT2D eigenvalue weighted by molar-refractivity contribution is 6.30. The van der Waals surface area contributed by atoms with E-state index < -0.39 is 23.8 Å². The molecule has 2 amide bonds. The molecule has 11 heteroatoms. The first-order valence-electron chi connectivity index (χ1n) is 10.3. The van der Waals surface area contributed by atoms with E-state index in [4.69, 9.17) is 21.1 Å². The zero-order valence-electron chi connectivity index (χ0n) is 17.4. The summed E-state index contributed by atoms with van der Waals surface area (Å²) in [5, 5.41) is 2.23. The molecule has 0 aliphatic carbocycles. The number of hydrogen-bond acceptors (Lipinski definition) is 5. The highest BCUT2D eigenvalue weighted by atomic mass is 35.5. The number of para-hydroxylation sites is 2. The van der Waals surface area contributed by atoms with Gasteiger partial charge in [0, 0.05) is 18.1 Å². The zero-order valence-corrected chi connectivity index (χ0v) is 18.2. The van der Waals surface area contributed by atoms with E-state index in [0.29, 0.717) is 37.7 Å². The Morgan fingerprint density at radius 1 is 1.12 bits per heavy atom. The van der Waals surface area contributed by atoms with Crippen LogP contribution in [0.2, 0.25) is 5.02 Å². The molecule has 2 aromatic rings. The molecule has 0 aromatic heterocycles. The summed E-state index contributed by atoms with van der Waals surface area (Å²) >= 11 is 5.70. The lowest BCUT2D eigenvalue weighted by molar-refractivity contribution is -0.142. The van der Waals surface area contributed by atoms with E-state index in [0.717, 1.165) is 12.1 Å². The minimum Gasteiger partial charge on any atom is -0.477 e. The van der Waals surface area contributed by atoms with Crippen LogP contribution in [0.4, 0.5) is 24.5 Å². The summed E-state index contributed by atoms with van der Waals surface area (Å²) < 4.78 is 51.3. The Kier molecular flexibility index (Phi) is 6.66. The molecule has 2 aliphatic rings. The van der Waals surface area contributed by atoms with E-state index in [1.54, 1.807) is 34.1 Å². The number of alkyl halides is 3. The molecule has 2 heterocycles. The second-order valence-electron chi connectivity index (χ2n) is 7.63. The van der Waals surface area contributed by atoms with Gasteiger partial charge in [0.15, 0.2) is 6.10 Å². The first kappa shape index (κ1) is 23.2. The third kappa shape index (κ3) is 5.33. The predicted molar refractivity (Wildman–Crippen MR) is 116 cm³/mol. The maximum absolute atomic E-state index is 13.4. The summed E-state index contributed by atoms with van der Waals surface area (Å²) in [4.78, 5) is 28.9. The third-order valence-electron chi connectivity index (χ3n) is 5.36. The second kappa shape index (κ2) is 9.48. The number of hydrogen-bond donors (Lipinski definition) is 1. The summed E-state index contributed by atoms with van der Waals surface area (Å²) in [6, 6.07) is 10.0. The van der Waals surface area contributed by atoms with E-state index in [2.05, 4.69) is 5.32 Å². The number of fused-ring (bicyclic) bond motifs is 1. The van der Waals surface area contributed by atoms with E-state index in [1.165, 1.54) is 6.07 Å². The molecule has 4 rings (SSSR count). The fraction of sp³-hybridized carbons (Fsp3) is 0.364. The number of nitrogens with one attached hydrogen (secondary N) is 1. The number of halogens is 4. The van der Waals surface area contributed by atoms with Crippen molar-refractivity contribution in [1.29, 1.82) is 0 Å². The highest BCUT2D eigenvalue weighted by Crippen LogP contribution is 2.37. The average molecular weight is 484 g/mol. The van der Waals surface area contributed by atoms with Crippen LogP contribution in [-0.4, -0.2) is 62.2 Å². The molecule has 176 valence electrons. The van der Waals surface area contributed by atoms with Gasteiger partial charge >= 0.3 is 6.18 Å². The third-order valence-corrected chi connectivity index (χ3v) is 5.59. The summed E-state index contributed by atoms with van der Waals surface area (Å²) in [6.45, 7) is 1.56. The molecule has 1 fully saturated rings. The lowest BCUT2D eigenvalue weighted by atomic mass is 10.1. The van der Waals surface area contributed by atoms with Gasteiger partial charge in [-0.25, -0.2) is 0 Å². The number of amides is 2. The number of ether oxygens (including phenoxy) is 2. The van der Waals surface area contributed by atoms with Gasteiger partial charge in [-0.2, -0.15) is 13.2 Å². The SMILES string of the molecule is O=C(CN1C[C@H](C(=O)N2CCOCC2)Oc2ccccc21)Nc1ccc(Cl)cc1C(F)(F)F. The topological polar surface area (TPSA) is 71.1 Å². The van der Waals surface area contributed by atoms with E-state index >= 15 is 0 Å². The van der Waals surface area contributed by atoms with Gasteiger partial charge in [-0.3, -0.25) is 9.59 Å². The minimum absolute atomic E-state index is 0.0768. The Morgan fingerprint density at radius 3 is 2.58 bits per heavy atom. The first-order chi connectivity index (χ1) is 15.7. The van der Waals surface area contributed by atoms with Crippen molar-refractivity contribution < 1.29 is 32.2 Å². The van der Waals surface area contributed by atoms with Crippen LogP contribution in [0.3, 0.4) is 0 Å². The summed E-state index contributed by atoms with van der Waals surface area (Å²) in [7, 11) is 0. The molecule has 2 aromatic carbocycles. The van der Waals surface area contributed by atoms with Crippen molar-refractivity contribution in [3.63, 3.8) is 0 Å². The minimum atomic E-state index is -4.69. The van der Waals surface area contributed by atoms with E-state index in [9.17, 15) is 22.8 Å². The van der Waals surface area contributed by atoms with Crippen molar-refractivity contribution >= 4 is 34.8 Å². The van der Waals surface area contributed by atoms with E-state index in [-0.39, 0.29) is 29.7 Å². The number of carbonyl (C=O) groups excluding carboxylic acids is 2. The van der Waals surface area contributed by atoms with Gasteiger partial charge in [-0.1, -0.05) is 23.7 Å². The molecule has 1 saturated heterocycles. The maximum atomic E-state index is 13.4. The lowest BCUT2D eigenvalue weighted by Crippen LogP contribution is -2.53. The van der Waals surface area contributed by atoms with E-state index in [1.807, 2.05) is 0 Å². The van der Waals surface area contributed by atoms with Gasteiger partial charge < -0.3 is 24.6 Å². The van der Waals surface area contributed by atoms with Crippen molar-refractivity contribution in [2.24, 2.45) is 0 Å². The molecule has 0 unspecified atom stereocenters. The second-order valence-corrected chi connectivity index (χ2v) is 8.06. The quantitative estimate of drug-likeness (QED) is 0.721. The monoisotopic (exact) mass is 483 g/mol. The fourth-order valence-electron chi connectivity index (χ4n) is 3.80. The van der Waals surface area contributed by atoms with Crippen LogP contribution in [0.15, 0.2) is 42.5 Å². The van der Waals surface area contributed by atoms with Crippen LogP contribution in [0.5, 0.6) is 5.75 Å². The van der Waals surface area contributed by atoms with Crippen LogP contribution in [0.1, 0.15) is 5.56 Å². The molecule has 0 radical (unpaired) electrons. The smallest absolute Gasteiger partial charge is 0.418 e. The molecule has 7 nitrogen and oxygen atoms in total. The predicted octanol–water partition coefficient (Wildman–Crippen LogP) is 3.42. The summed E-state index contributed by atoms with van der Waals surface area (Å²) in [6.07, 6.45) is -5.54. The Hall–Kier alpha value is -2.98. The van der Waals surface area contributed by atoms with Crippen molar-refractivity contribution in [2.45, 2.75) is 12.3 Å². The summed E-state index contributed by atoms with van der Waals surface area (Å²) in [5.41, 5.74) is -0.851. The van der Waals surface area contributed by atoms with Gasteiger partial charge in [-0.15, -0.1) is 0 Å². The van der Waals surface area contributed by atoms with Crippen molar-refractivity contribution in [3.05, 3.63) is 53.1 Å². The van der Waals surface area contributed by atoms with Crippen molar-refractivity contribution in [1.82, 2.24) is 4.90 Å². The number of benzene rings is 2. The van der Waals surface area contributed by atoms with Crippen molar-refractivity contribution in [2.75, 3.05) is 49.6 Å². The Labute approximate surface area is 193 Å². The molecule has 0 spiro atoms. The molecule has 33 heavy (non-hydrogen) atoms. The fourth-order valence-corrected chi connectivity index (χ4v) is 3.97. The molecular weight excluding hydrogens is 463 g/mol. The zero-order chi connectivity index (χ0) is 23.6. The number of nitrogens with zero attached hydrogens (tertiary/aromatic N) is 2. The first-order valence-corrected chi connectivity index (χ1v) is 10.6. The maximum Gasteiger partial charge on any atom is 0.418 e. The molecule has 1 atom stereocenters. The summed E-state index contributed by atoms with van der Waals surface area (Å²) in [5.74, 6) is -0.474. The normalized spacial score (nSPS) is 18.4. The van der Waals surface area contributed by atoms with Gasteiger partial charge in [0.05, 0.1) is 43.2 Å². The van der Waals surface area contributed by atoms with Gasteiger partial charge in [-0.05, 0) is 30.3 Å². The molecular formula is C22H21ClF3N3O4. The number of rotatable bonds is 4. The number of anilines is 2. The molecule has 0 saturated carbocycles. The van der Waals surface area contributed by atoms with Gasteiger partial charge in [0.1, 0.15) is 5.75 Å². The molecule has 0 bridgehead atoms. The largest absolute Gasteiger partial charge is 0.477 e. The highest BCUT2D eigenvalue weighted by Gasteiger charge is 2.36.